The fourth-order valence-electron chi connectivity index (χ4n) is 4.40. The molecule has 1 aliphatic rings. The molecule has 32 heavy (non-hydrogen) atoms. The van der Waals surface area contributed by atoms with E-state index in [4.69, 9.17) is 13.9 Å². The molecule has 0 N–H and O–H groups in total. The predicted octanol–water partition coefficient (Wildman–Crippen LogP) is 4.83. The number of hydrogen-bond donors (Lipinski definition) is 0. The Hall–Kier alpha value is -3.25. The third kappa shape index (κ3) is 4.23. The normalized spacial score (nSPS) is 13.5. The van der Waals surface area contributed by atoms with E-state index in [0.29, 0.717) is 41.6 Å². The number of aryl methyl sites for hydroxylation is 1. The Bertz CT molecular complexity index is 1090. The average molecular weight is 435 g/mol. The summed E-state index contributed by atoms with van der Waals surface area (Å²) in [6.07, 6.45) is 0.797. The van der Waals surface area contributed by atoms with Crippen molar-refractivity contribution in [3.05, 3.63) is 76.7 Å². The summed E-state index contributed by atoms with van der Waals surface area (Å²) in [5.41, 5.74) is 3.60. The summed E-state index contributed by atoms with van der Waals surface area (Å²) < 4.78 is 17.0. The average Bonchev–Trinajstić information content (AvgIpc) is 3.15. The van der Waals surface area contributed by atoms with Crippen LogP contribution in [0, 0.1) is 6.92 Å². The Morgan fingerprint density at radius 1 is 1.12 bits per heavy atom. The lowest BCUT2D eigenvalue weighted by Crippen LogP contribution is -2.34. The molecule has 0 saturated heterocycles. The summed E-state index contributed by atoms with van der Waals surface area (Å²) in [4.78, 5) is 17.9. The van der Waals surface area contributed by atoms with Crippen LogP contribution in [-0.2, 0) is 19.5 Å². The number of benzene rings is 2. The SMILES string of the molecule is CCN(C(=O)c1c(C)oc2c1CN(Cc1ccccc1)CC2)c1cc(OC)ccc1OC. The van der Waals surface area contributed by atoms with Gasteiger partial charge in [-0.3, -0.25) is 9.69 Å². The topological polar surface area (TPSA) is 55.2 Å². The summed E-state index contributed by atoms with van der Waals surface area (Å²) in [5.74, 6) is 2.81. The van der Waals surface area contributed by atoms with Crippen molar-refractivity contribution in [2.45, 2.75) is 33.4 Å². The van der Waals surface area contributed by atoms with Gasteiger partial charge in [-0.25, -0.2) is 0 Å². The quantitative estimate of drug-likeness (QED) is 0.533. The predicted molar refractivity (Wildman–Crippen MR) is 125 cm³/mol. The van der Waals surface area contributed by atoms with Crippen LogP contribution in [0.15, 0.2) is 52.9 Å². The molecule has 0 aliphatic carbocycles. The summed E-state index contributed by atoms with van der Waals surface area (Å²) in [7, 11) is 3.22. The number of carbonyl (C=O) groups is 1. The molecule has 1 aliphatic heterocycles. The molecule has 0 unspecified atom stereocenters. The van der Waals surface area contributed by atoms with Crippen LogP contribution in [0.5, 0.6) is 11.5 Å². The second-order valence-corrected chi connectivity index (χ2v) is 7.97. The van der Waals surface area contributed by atoms with Crippen LogP contribution >= 0.6 is 0 Å². The van der Waals surface area contributed by atoms with Gasteiger partial charge in [0.1, 0.15) is 23.0 Å². The van der Waals surface area contributed by atoms with Gasteiger partial charge in [0.2, 0.25) is 0 Å². The number of fused-ring (bicyclic) bond motifs is 1. The van der Waals surface area contributed by atoms with E-state index in [1.165, 1.54) is 5.56 Å². The molecule has 0 bridgehead atoms. The lowest BCUT2D eigenvalue weighted by molar-refractivity contribution is 0.0984. The molecule has 0 radical (unpaired) electrons. The Kier molecular flexibility index (Phi) is 6.51. The van der Waals surface area contributed by atoms with E-state index in [9.17, 15) is 4.79 Å². The molecule has 6 heteroatoms. The standard InChI is InChI=1S/C26H30N2O4/c1-5-28(22-15-20(30-3)11-12-24(22)31-4)26(29)25-18(2)32-23-13-14-27(17-21(23)25)16-19-9-7-6-8-10-19/h6-12,15H,5,13-14,16-17H2,1-4H3. The van der Waals surface area contributed by atoms with Crippen LogP contribution in [0.4, 0.5) is 5.69 Å². The van der Waals surface area contributed by atoms with Crippen LogP contribution in [0.25, 0.3) is 0 Å². The van der Waals surface area contributed by atoms with Gasteiger partial charge in [-0.1, -0.05) is 30.3 Å². The second-order valence-electron chi connectivity index (χ2n) is 7.97. The highest BCUT2D eigenvalue weighted by Gasteiger charge is 2.31. The largest absolute Gasteiger partial charge is 0.497 e. The van der Waals surface area contributed by atoms with Gasteiger partial charge in [-0.05, 0) is 31.5 Å². The number of nitrogens with zero attached hydrogens (tertiary/aromatic N) is 2. The number of rotatable bonds is 7. The van der Waals surface area contributed by atoms with E-state index in [0.717, 1.165) is 30.8 Å². The molecule has 0 saturated carbocycles. The summed E-state index contributed by atoms with van der Waals surface area (Å²) in [6.45, 7) is 6.78. The van der Waals surface area contributed by atoms with Crippen LogP contribution in [0.1, 0.15) is 39.9 Å². The fourth-order valence-corrected chi connectivity index (χ4v) is 4.40. The number of ether oxygens (including phenoxy) is 2. The van der Waals surface area contributed by atoms with Gasteiger partial charge in [-0.15, -0.1) is 0 Å². The first-order chi connectivity index (χ1) is 15.5. The van der Waals surface area contributed by atoms with Gasteiger partial charge in [0, 0.05) is 44.2 Å². The molecule has 1 amide bonds. The third-order valence-corrected chi connectivity index (χ3v) is 6.00. The van der Waals surface area contributed by atoms with Gasteiger partial charge in [-0.2, -0.15) is 0 Å². The van der Waals surface area contributed by atoms with Crippen molar-refractivity contribution in [1.29, 1.82) is 0 Å². The van der Waals surface area contributed by atoms with Crippen molar-refractivity contribution in [3.8, 4) is 11.5 Å². The van der Waals surface area contributed by atoms with Gasteiger partial charge in [0.25, 0.3) is 5.91 Å². The highest BCUT2D eigenvalue weighted by Crippen LogP contribution is 2.36. The molecule has 3 aromatic rings. The second kappa shape index (κ2) is 9.49. The van der Waals surface area contributed by atoms with Crippen LogP contribution in [0.2, 0.25) is 0 Å². The van der Waals surface area contributed by atoms with Crippen LogP contribution in [0.3, 0.4) is 0 Å². The van der Waals surface area contributed by atoms with Crippen molar-refractivity contribution in [1.82, 2.24) is 4.90 Å². The van der Waals surface area contributed by atoms with Crippen LogP contribution < -0.4 is 14.4 Å². The molecular formula is C26H30N2O4. The maximum absolute atomic E-state index is 13.8. The monoisotopic (exact) mass is 434 g/mol. The van der Waals surface area contributed by atoms with Gasteiger partial charge in [0.05, 0.1) is 25.5 Å². The number of anilines is 1. The van der Waals surface area contributed by atoms with E-state index < -0.39 is 0 Å². The fraction of sp³-hybridized carbons (Fsp3) is 0.346. The Morgan fingerprint density at radius 2 is 1.91 bits per heavy atom. The molecule has 0 fully saturated rings. The zero-order chi connectivity index (χ0) is 22.7. The Balaban J connectivity index is 1.66. The lowest BCUT2D eigenvalue weighted by atomic mass is 10.0. The lowest BCUT2D eigenvalue weighted by Gasteiger charge is -2.28. The van der Waals surface area contributed by atoms with Crippen molar-refractivity contribution < 1.29 is 18.7 Å². The van der Waals surface area contributed by atoms with Crippen molar-refractivity contribution in [3.63, 3.8) is 0 Å². The van der Waals surface area contributed by atoms with Crippen molar-refractivity contribution in [2.24, 2.45) is 0 Å². The van der Waals surface area contributed by atoms with E-state index >= 15 is 0 Å². The van der Waals surface area contributed by atoms with E-state index in [1.807, 2.05) is 38.1 Å². The van der Waals surface area contributed by atoms with Crippen molar-refractivity contribution >= 4 is 11.6 Å². The number of carbonyl (C=O) groups excluding carboxylic acids is 1. The number of amides is 1. The molecule has 0 spiro atoms. The van der Waals surface area contributed by atoms with E-state index in [-0.39, 0.29) is 5.91 Å². The van der Waals surface area contributed by atoms with Gasteiger partial charge >= 0.3 is 0 Å². The Labute approximate surface area is 189 Å². The Morgan fingerprint density at radius 3 is 2.59 bits per heavy atom. The summed E-state index contributed by atoms with van der Waals surface area (Å²) in [6, 6.07) is 15.9. The zero-order valence-corrected chi connectivity index (χ0v) is 19.2. The molecule has 0 atom stereocenters. The molecule has 168 valence electrons. The molecule has 2 aromatic carbocycles. The highest BCUT2D eigenvalue weighted by molar-refractivity contribution is 6.08. The molecule has 1 aromatic heterocycles. The first kappa shape index (κ1) is 22.0. The van der Waals surface area contributed by atoms with E-state index in [2.05, 4.69) is 29.2 Å². The van der Waals surface area contributed by atoms with Gasteiger partial charge < -0.3 is 18.8 Å². The zero-order valence-electron chi connectivity index (χ0n) is 19.2. The minimum Gasteiger partial charge on any atom is -0.497 e. The third-order valence-electron chi connectivity index (χ3n) is 6.00. The summed E-state index contributed by atoms with van der Waals surface area (Å²) in [5, 5.41) is 0. The van der Waals surface area contributed by atoms with Crippen molar-refractivity contribution in [2.75, 3.05) is 32.2 Å². The minimum atomic E-state index is -0.0804. The molecule has 4 rings (SSSR count). The highest BCUT2D eigenvalue weighted by atomic mass is 16.5. The number of hydrogen-bond acceptors (Lipinski definition) is 5. The first-order valence-corrected chi connectivity index (χ1v) is 11.0. The number of furan rings is 1. The molecule has 6 nitrogen and oxygen atoms in total. The van der Waals surface area contributed by atoms with Gasteiger partial charge in [0.15, 0.2) is 0 Å². The molecule has 2 heterocycles. The maximum Gasteiger partial charge on any atom is 0.262 e. The smallest absolute Gasteiger partial charge is 0.262 e. The molecular weight excluding hydrogens is 404 g/mol. The first-order valence-electron chi connectivity index (χ1n) is 11.0. The summed E-state index contributed by atoms with van der Waals surface area (Å²) >= 11 is 0. The van der Waals surface area contributed by atoms with Crippen LogP contribution in [-0.4, -0.2) is 38.1 Å². The number of methoxy groups -OCH3 is 2. The minimum absolute atomic E-state index is 0.0804. The maximum atomic E-state index is 13.8. The van der Waals surface area contributed by atoms with E-state index in [1.54, 1.807) is 19.1 Å².